The van der Waals surface area contributed by atoms with Gasteiger partial charge in [-0.3, -0.25) is 9.89 Å². The fourth-order valence-corrected chi connectivity index (χ4v) is 3.94. The fraction of sp³-hybridized carbons (Fsp3) is 0.211. The van der Waals surface area contributed by atoms with Gasteiger partial charge in [0.15, 0.2) is 5.82 Å². The van der Waals surface area contributed by atoms with E-state index in [1.165, 1.54) is 16.8 Å². The van der Waals surface area contributed by atoms with Crippen molar-refractivity contribution in [2.45, 2.75) is 18.9 Å². The largest absolute Gasteiger partial charge is 0.382 e. The lowest BCUT2D eigenvalue weighted by atomic mass is 10.1. The average molecular weight is 476 g/mol. The Kier molecular flexibility index (Phi) is 4.86. The number of H-pyrrole nitrogens is 1. The van der Waals surface area contributed by atoms with Crippen LogP contribution in [0, 0.1) is 11.7 Å². The zero-order chi connectivity index (χ0) is 22.6. The number of aromatic nitrogens is 6. The molecular weight excluding hydrogens is 460 g/mol. The number of nitrogens with two attached hydrogens (primary N) is 2. The second-order valence-corrected chi connectivity index (χ2v) is 8.18. The number of nitrogen functional groups attached to an aromatic ring is 2. The third-order valence-electron chi connectivity index (χ3n) is 5.24. The van der Waals surface area contributed by atoms with E-state index < -0.39 is 17.4 Å². The van der Waals surface area contributed by atoms with Crippen LogP contribution in [0.3, 0.4) is 0 Å². The van der Waals surface area contributed by atoms with Gasteiger partial charge in [0, 0.05) is 6.07 Å². The molecule has 0 amide bonds. The topological polar surface area (TPSA) is 153 Å². The first-order valence-electron chi connectivity index (χ1n) is 9.60. The van der Waals surface area contributed by atoms with Crippen LogP contribution in [0.15, 0.2) is 29.2 Å². The van der Waals surface area contributed by atoms with Crippen molar-refractivity contribution >= 4 is 51.7 Å². The number of benzene rings is 1. The summed E-state index contributed by atoms with van der Waals surface area (Å²) in [5.41, 5.74) is 11.0. The molecule has 6 N–H and O–H groups in total. The number of nitrogens with zero attached hydrogens (tertiary/aromatic N) is 5. The number of halogens is 3. The summed E-state index contributed by atoms with van der Waals surface area (Å²) in [7, 11) is 0. The Morgan fingerprint density at radius 3 is 2.66 bits per heavy atom. The van der Waals surface area contributed by atoms with E-state index in [-0.39, 0.29) is 50.3 Å². The standard InChI is InChI=1S/C19H16Cl2FN9O/c20-8-3-4-9(22)11-14(8)27-17(31(18(11)32)10-5-6-25-30-10)13(7-1-2-7)26-16-12(21)15(23)28-19(24)29-16/h3-7,13H,1-2H2,(H,25,30)(H5,23,24,26,28,29). The molecule has 1 unspecified atom stereocenters. The van der Waals surface area contributed by atoms with Gasteiger partial charge in [0.05, 0.1) is 22.8 Å². The first kappa shape index (κ1) is 20.5. The summed E-state index contributed by atoms with van der Waals surface area (Å²) < 4.78 is 15.9. The molecule has 32 heavy (non-hydrogen) atoms. The molecule has 1 atom stereocenters. The Morgan fingerprint density at radius 1 is 1.19 bits per heavy atom. The van der Waals surface area contributed by atoms with E-state index in [0.717, 1.165) is 18.9 Å². The summed E-state index contributed by atoms with van der Waals surface area (Å²) >= 11 is 12.6. The molecule has 4 aromatic rings. The van der Waals surface area contributed by atoms with E-state index in [0.29, 0.717) is 5.82 Å². The first-order chi connectivity index (χ1) is 15.3. The van der Waals surface area contributed by atoms with Gasteiger partial charge in [-0.15, -0.1) is 0 Å². The molecule has 0 saturated heterocycles. The summed E-state index contributed by atoms with van der Waals surface area (Å²) in [6.07, 6.45) is 3.20. The van der Waals surface area contributed by atoms with Gasteiger partial charge in [-0.1, -0.05) is 23.2 Å². The van der Waals surface area contributed by atoms with E-state index in [1.807, 2.05) is 0 Å². The summed E-state index contributed by atoms with van der Waals surface area (Å²) in [6, 6.07) is 3.53. The maximum Gasteiger partial charge on any atom is 0.270 e. The minimum atomic E-state index is -0.725. The smallest absolute Gasteiger partial charge is 0.270 e. The van der Waals surface area contributed by atoms with E-state index in [1.54, 1.807) is 6.07 Å². The van der Waals surface area contributed by atoms with Gasteiger partial charge in [0.25, 0.3) is 5.56 Å². The highest BCUT2D eigenvalue weighted by atomic mass is 35.5. The highest BCUT2D eigenvalue weighted by Gasteiger charge is 2.37. The molecule has 1 aliphatic rings. The quantitative estimate of drug-likeness (QED) is 0.343. The van der Waals surface area contributed by atoms with Crippen molar-refractivity contribution in [2.75, 3.05) is 16.8 Å². The number of hydrogen-bond acceptors (Lipinski definition) is 8. The minimum absolute atomic E-state index is 0.0127. The Hall–Kier alpha value is -3.44. The summed E-state index contributed by atoms with van der Waals surface area (Å²) in [4.78, 5) is 26.0. The van der Waals surface area contributed by atoms with Crippen LogP contribution in [0.4, 0.5) is 22.0 Å². The molecule has 1 saturated carbocycles. The Morgan fingerprint density at radius 2 is 1.97 bits per heavy atom. The van der Waals surface area contributed by atoms with Crippen LogP contribution < -0.4 is 22.3 Å². The molecule has 3 aromatic heterocycles. The predicted molar refractivity (Wildman–Crippen MR) is 119 cm³/mol. The van der Waals surface area contributed by atoms with Gasteiger partial charge in [0.2, 0.25) is 5.95 Å². The molecule has 1 aliphatic carbocycles. The average Bonchev–Trinajstić information content (AvgIpc) is 3.45. The van der Waals surface area contributed by atoms with Gasteiger partial charge in [-0.25, -0.2) is 13.9 Å². The normalized spacial score (nSPS) is 14.6. The number of nitrogens with one attached hydrogen (secondary N) is 2. The molecular formula is C19H16Cl2FN9O. The van der Waals surface area contributed by atoms with Crippen molar-refractivity contribution in [1.82, 2.24) is 29.7 Å². The van der Waals surface area contributed by atoms with Crippen molar-refractivity contribution in [3.63, 3.8) is 0 Å². The van der Waals surface area contributed by atoms with Crippen LogP contribution in [0.5, 0.6) is 0 Å². The molecule has 164 valence electrons. The highest BCUT2D eigenvalue weighted by molar-refractivity contribution is 6.35. The number of rotatable bonds is 5. The van der Waals surface area contributed by atoms with E-state index in [2.05, 4.69) is 30.5 Å². The number of aromatic amines is 1. The van der Waals surface area contributed by atoms with Gasteiger partial charge in [-0.05, 0) is 30.9 Å². The van der Waals surface area contributed by atoms with Crippen molar-refractivity contribution < 1.29 is 4.39 Å². The molecule has 1 fully saturated rings. The van der Waals surface area contributed by atoms with Gasteiger partial charge in [-0.2, -0.15) is 15.1 Å². The molecule has 0 spiro atoms. The lowest BCUT2D eigenvalue weighted by Crippen LogP contribution is -2.30. The second-order valence-electron chi connectivity index (χ2n) is 7.39. The van der Waals surface area contributed by atoms with Crippen LogP contribution in [-0.2, 0) is 0 Å². The number of hydrogen-bond donors (Lipinski definition) is 4. The van der Waals surface area contributed by atoms with E-state index >= 15 is 0 Å². The number of fused-ring (bicyclic) bond motifs is 1. The third kappa shape index (κ3) is 3.39. The molecule has 0 bridgehead atoms. The first-order valence-corrected chi connectivity index (χ1v) is 10.4. The number of anilines is 3. The van der Waals surface area contributed by atoms with Crippen molar-refractivity contribution in [1.29, 1.82) is 0 Å². The highest BCUT2D eigenvalue weighted by Crippen LogP contribution is 2.44. The predicted octanol–water partition coefficient (Wildman–Crippen LogP) is 3.07. The molecule has 1 aromatic carbocycles. The SMILES string of the molecule is Nc1nc(N)c(Cl)c(NC(c2nc3c(Cl)ccc(F)c3c(=O)n2-c2ccn[nH]2)C2CC2)n1. The zero-order valence-electron chi connectivity index (χ0n) is 16.3. The van der Waals surface area contributed by atoms with Crippen molar-refractivity contribution in [3.8, 4) is 5.82 Å². The summed E-state index contributed by atoms with van der Waals surface area (Å²) in [5.74, 6) is 0.119. The van der Waals surface area contributed by atoms with Crippen LogP contribution >= 0.6 is 23.2 Å². The van der Waals surface area contributed by atoms with Crippen LogP contribution in [0.25, 0.3) is 16.7 Å². The lowest BCUT2D eigenvalue weighted by molar-refractivity contribution is 0.600. The molecule has 5 rings (SSSR count). The zero-order valence-corrected chi connectivity index (χ0v) is 17.8. The van der Waals surface area contributed by atoms with Crippen LogP contribution in [0.2, 0.25) is 10.0 Å². The maximum atomic E-state index is 14.6. The van der Waals surface area contributed by atoms with E-state index in [4.69, 9.17) is 34.7 Å². The Bertz CT molecular complexity index is 1400. The fourth-order valence-electron chi connectivity index (χ4n) is 3.60. The van der Waals surface area contributed by atoms with Crippen LogP contribution in [-0.4, -0.2) is 29.7 Å². The molecule has 0 radical (unpaired) electrons. The summed E-state index contributed by atoms with van der Waals surface area (Å²) in [5, 5.41) is 9.87. The third-order valence-corrected chi connectivity index (χ3v) is 5.91. The van der Waals surface area contributed by atoms with Crippen molar-refractivity contribution in [2.24, 2.45) is 5.92 Å². The monoisotopic (exact) mass is 475 g/mol. The molecule has 0 aliphatic heterocycles. The molecule has 13 heteroatoms. The molecule has 3 heterocycles. The second kappa shape index (κ2) is 7.61. The van der Waals surface area contributed by atoms with E-state index in [9.17, 15) is 9.18 Å². The minimum Gasteiger partial charge on any atom is -0.382 e. The van der Waals surface area contributed by atoms with Gasteiger partial charge >= 0.3 is 0 Å². The maximum absolute atomic E-state index is 14.6. The summed E-state index contributed by atoms with van der Waals surface area (Å²) in [6.45, 7) is 0. The van der Waals surface area contributed by atoms with Gasteiger partial charge < -0.3 is 16.8 Å². The molecule has 10 nitrogen and oxygen atoms in total. The van der Waals surface area contributed by atoms with Crippen molar-refractivity contribution in [3.05, 3.63) is 56.4 Å². The van der Waals surface area contributed by atoms with Gasteiger partial charge in [0.1, 0.15) is 33.7 Å². The Labute approximate surface area is 189 Å². The van der Waals surface area contributed by atoms with Crippen LogP contribution in [0.1, 0.15) is 24.7 Å². The Balaban J connectivity index is 1.77. The lowest BCUT2D eigenvalue weighted by Gasteiger charge is -2.23.